The Morgan fingerprint density at radius 2 is 1.48 bits per heavy atom. The minimum Gasteiger partial charge on any atom is -0.310 e. The first kappa shape index (κ1) is 32.2. The van der Waals surface area contributed by atoms with Crippen molar-refractivity contribution >= 4 is 6.08 Å². The van der Waals surface area contributed by atoms with Gasteiger partial charge in [0.2, 0.25) is 0 Å². The lowest BCUT2D eigenvalue weighted by molar-refractivity contribution is 0.189. The molecular weight excluding hydrogens is 508 g/mol. The molecule has 0 bridgehead atoms. The average molecular weight is 565 g/mol. The van der Waals surface area contributed by atoms with Crippen LogP contribution in [0.3, 0.4) is 0 Å². The fraction of sp³-hybridized carbons (Fsp3) is 0.500. The quantitative estimate of drug-likeness (QED) is 0.196. The Morgan fingerprint density at radius 3 is 2.10 bits per heavy atom. The summed E-state index contributed by atoms with van der Waals surface area (Å²) < 4.78 is 0. The molecule has 0 aliphatic carbocycles. The molecule has 3 aromatic carbocycles. The molecule has 226 valence electrons. The van der Waals surface area contributed by atoms with Gasteiger partial charge in [0.05, 0.1) is 0 Å². The van der Waals surface area contributed by atoms with Crippen LogP contribution in [-0.2, 0) is 25.8 Å². The first-order valence-electron chi connectivity index (χ1n) is 16.7. The molecule has 1 N–H and O–H groups in total. The first-order chi connectivity index (χ1) is 20.3. The Hall–Kier alpha value is -2.68. The van der Waals surface area contributed by atoms with Gasteiger partial charge in [-0.25, -0.2) is 0 Å². The van der Waals surface area contributed by atoms with E-state index in [4.69, 9.17) is 0 Å². The van der Waals surface area contributed by atoms with Gasteiger partial charge < -0.3 is 10.2 Å². The maximum Gasteiger partial charge on any atom is 0.0214 e. The van der Waals surface area contributed by atoms with Crippen LogP contribution in [0.2, 0.25) is 0 Å². The van der Waals surface area contributed by atoms with Gasteiger partial charge in [-0.3, -0.25) is 0 Å². The molecule has 1 unspecified atom stereocenters. The van der Waals surface area contributed by atoms with Gasteiger partial charge in [0.1, 0.15) is 0 Å². The van der Waals surface area contributed by atoms with Crippen molar-refractivity contribution in [2.24, 2.45) is 5.92 Å². The Labute approximate surface area is 257 Å². The van der Waals surface area contributed by atoms with Crippen molar-refractivity contribution in [2.75, 3.05) is 19.6 Å². The summed E-state index contributed by atoms with van der Waals surface area (Å²) in [5.74, 6) is 0.913. The molecule has 1 aliphatic rings. The van der Waals surface area contributed by atoms with Crippen molar-refractivity contribution in [3.8, 4) is 11.1 Å². The number of aryl methyl sites for hydroxylation is 4. The van der Waals surface area contributed by atoms with Crippen LogP contribution in [0.4, 0.5) is 0 Å². The zero-order valence-electron chi connectivity index (χ0n) is 27.5. The van der Waals surface area contributed by atoms with Gasteiger partial charge in [0.25, 0.3) is 0 Å². The zero-order chi connectivity index (χ0) is 30.1. The third-order valence-electron chi connectivity index (χ3n) is 9.96. The molecule has 1 heterocycles. The predicted octanol–water partition coefficient (Wildman–Crippen LogP) is 9.65. The highest BCUT2D eigenvalue weighted by Gasteiger charge is 2.16. The van der Waals surface area contributed by atoms with Crippen LogP contribution < -0.4 is 5.32 Å². The van der Waals surface area contributed by atoms with Crippen molar-refractivity contribution in [1.82, 2.24) is 10.2 Å². The third kappa shape index (κ3) is 8.45. The molecule has 1 aliphatic heterocycles. The average Bonchev–Trinajstić information content (AvgIpc) is 3.00. The van der Waals surface area contributed by atoms with Crippen LogP contribution in [0.5, 0.6) is 0 Å². The van der Waals surface area contributed by atoms with Gasteiger partial charge in [0, 0.05) is 12.6 Å². The second-order valence-electron chi connectivity index (χ2n) is 13.0. The van der Waals surface area contributed by atoms with Crippen molar-refractivity contribution < 1.29 is 0 Å². The Kier molecular flexibility index (Phi) is 12.0. The van der Waals surface area contributed by atoms with E-state index >= 15 is 0 Å². The fourth-order valence-corrected chi connectivity index (χ4v) is 6.57. The molecule has 0 spiro atoms. The molecule has 0 radical (unpaired) electrons. The highest BCUT2D eigenvalue weighted by atomic mass is 15.1. The van der Waals surface area contributed by atoms with E-state index in [-0.39, 0.29) is 0 Å². The number of piperidine rings is 1. The van der Waals surface area contributed by atoms with Gasteiger partial charge in [-0.2, -0.15) is 0 Å². The zero-order valence-corrected chi connectivity index (χ0v) is 27.5. The summed E-state index contributed by atoms with van der Waals surface area (Å²) in [6.07, 6.45) is 11.8. The van der Waals surface area contributed by atoms with Crippen LogP contribution in [-0.4, -0.2) is 30.6 Å². The van der Waals surface area contributed by atoms with E-state index in [1.807, 2.05) is 6.08 Å². The molecule has 4 rings (SSSR count). The SMILES string of the molecule is C=Cc1cc(CCc2cccc(-c3cccc(CCCCN4CCC(C)CC4)c3C)c2C)c(C)cc1CNC(C)CC. The molecule has 0 amide bonds. The molecule has 1 fully saturated rings. The van der Waals surface area contributed by atoms with Crippen LogP contribution in [0.15, 0.2) is 55.1 Å². The van der Waals surface area contributed by atoms with Crippen LogP contribution in [0.25, 0.3) is 17.2 Å². The number of rotatable bonds is 14. The van der Waals surface area contributed by atoms with E-state index in [1.165, 1.54) is 107 Å². The Balaban J connectivity index is 1.41. The van der Waals surface area contributed by atoms with E-state index < -0.39 is 0 Å². The summed E-state index contributed by atoms with van der Waals surface area (Å²) in [7, 11) is 0. The highest BCUT2D eigenvalue weighted by molar-refractivity contribution is 5.72. The van der Waals surface area contributed by atoms with E-state index in [9.17, 15) is 0 Å². The molecule has 1 atom stereocenters. The van der Waals surface area contributed by atoms with Gasteiger partial charge in [-0.15, -0.1) is 0 Å². The number of unbranched alkanes of at least 4 members (excludes halogenated alkanes) is 1. The van der Waals surface area contributed by atoms with Crippen molar-refractivity contribution in [3.05, 3.63) is 99.6 Å². The van der Waals surface area contributed by atoms with Crippen molar-refractivity contribution in [2.45, 2.75) is 105 Å². The van der Waals surface area contributed by atoms with Gasteiger partial charge in [0.15, 0.2) is 0 Å². The predicted molar refractivity (Wildman–Crippen MR) is 184 cm³/mol. The Morgan fingerprint density at radius 1 is 0.857 bits per heavy atom. The smallest absolute Gasteiger partial charge is 0.0214 e. The highest BCUT2D eigenvalue weighted by Crippen LogP contribution is 2.32. The molecule has 0 saturated carbocycles. The number of nitrogens with one attached hydrogen (secondary N) is 1. The minimum atomic E-state index is 0.524. The van der Waals surface area contributed by atoms with E-state index in [0.29, 0.717) is 6.04 Å². The number of likely N-dealkylation sites (tertiary alicyclic amines) is 1. The first-order valence-corrected chi connectivity index (χ1v) is 16.7. The van der Waals surface area contributed by atoms with E-state index in [2.05, 4.69) is 107 Å². The van der Waals surface area contributed by atoms with Crippen LogP contribution in [0, 0.1) is 26.7 Å². The molecule has 2 heteroatoms. The van der Waals surface area contributed by atoms with E-state index in [0.717, 1.165) is 31.7 Å². The normalized spacial score (nSPS) is 15.2. The minimum absolute atomic E-state index is 0.524. The summed E-state index contributed by atoms with van der Waals surface area (Å²) in [5, 5.41) is 3.64. The number of hydrogen-bond donors (Lipinski definition) is 1. The molecule has 3 aromatic rings. The summed E-state index contributed by atoms with van der Waals surface area (Å²) in [5.41, 5.74) is 14.1. The number of hydrogen-bond acceptors (Lipinski definition) is 2. The second-order valence-corrected chi connectivity index (χ2v) is 13.0. The molecular formula is C40H56N2. The van der Waals surface area contributed by atoms with Gasteiger partial charge in [-0.05, 0) is 160 Å². The van der Waals surface area contributed by atoms with E-state index in [1.54, 1.807) is 0 Å². The van der Waals surface area contributed by atoms with Crippen molar-refractivity contribution in [3.63, 3.8) is 0 Å². The maximum absolute atomic E-state index is 4.12. The van der Waals surface area contributed by atoms with Crippen LogP contribution >= 0.6 is 0 Å². The topological polar surface area (TPSA) is 15.3 Å². The third-order valence-corrected chi connectivity index (χ3v) is 9.96. The lowest BCUT2D eigenvalue weighted by atomic mass is 9.88. The second kappa shape index (κ2) is 15.7. The summed E-state index contributed by atoms with van der Waals surface area (Å²) in [4.78, 5) is 2.68. The van der Waals surface area contributed by atoms with Crippen molar-refractivity contribution in [1.29, 1.82) is 0 Å². The molecule has 2 nitrogen and oxygen atoms in total. The molecule has 42 heavy (non-hydrogen) atoms. The molecule has 0 aromatic heterocycles. The lowest BCUT2D eigenvalue weighted by Crippen LogP contribution is -2.33. The lowest BCUT2D eigenvalue weighted by Gasteiger charge is -2.30. The number of benzene rings is 3. The largest absolute Gasteiger partial charge is 0.310 e. The molecule has 1 saturated heterocycles. The fourth-order valence-electron chi connectivity index (χ4n) is 6.57. The van der Waals surface area contributed by atoms with Gasteiger partial charge >= 0.3 is 0 Å². The number of nitrogens with zero attached hydrogens (tertiary/aromatic N) is 1. The van der Waals surface area contributed by atoms with Gasteiger partial charge in [-0.1, -0.05) is 75.0 Å². The maximum atomic E-state index is 4.12. The standard InChI is InChI=1S/C40H56N2/c1-8-31(5)41-28-38-26-30(4)37(27-34(38)9-2)20-19-36-16-13-18-40(33(36)7)39-17-12-15-35(32(39)6)14-10-11-23-42-24-21-29(3)22-25-42/h9,12-13,15-18,26-27,29,31,41H,2,8,10-11,14,19-25,28H2,1,3-7H3. The summed E-state index contributed by atoms with van der Waals surface area (Å²) >= 11 is 0. The van der Waals surface area contributed by atoms with Crippen LogP contribution in [0.1, 0.15) is 97.4 Å². The summed E-state index contributed by atoms with van der Waals surface area (Å²) in [6, 6.07) is 19.1. The Bertz CT molecular complexity index is 1310. The monoisotopic (exact) mass is 564 g/mol. The summed E-state index contributed by atoms with van der Waals surface area (Å²) in [6.45, 7) is 22.7.